The van der Waals surface area contributed by atoms with Crippen molar-refractivity contribution >= 4 is 22.8 Å². The summed E-state index contributed by atoms with van der Waals surface area (Å²) in [6.07, 6.45) is 4.15. The third-order valence-corrected chi connectivity index (χ3v) is 5.67. The molecule has 0 saturated carbocycles. The van der Waals surface area contributed by atoms with Crippen LogP contribution in [0.2, 0.25) is 0 Å². The summed E-state index contributed by atoms with van der Waals surface area (Å²) >= 11 is 0. The molecule has 0 spiro atoms. The molecule has 0 unspecified atom stereocenters. The SMILES string of the molecule is COc1cc(C(=O)Nc2cccc(-c3nc4ncccc4o3)c2)ccc1CN1CCCC1. The van der Waals surface area contributed by atoms with Crippen LogP contribution in [-0.2, 0) is 6.54 Å². The number of pyridine rings is 1. The number of anilines is 1. The van der Waals surface area contributed by atoms with E-state index < -0.39 is 0 Å². The van der Waals surface area contributed by atoms with Crippen molar-refractivity contribution in [2.75, 3.05) is 25.5 Å². The van der Waals surface area contributed by atoms with Crippen molar-refractivity contribution in [3.63, 3.8) is 0 Å². The number of nitrogens with one attached hydrogen (secondary N) is 1. The number of fused-ring (bicyclic) bond motifs is 1. The molecule has 0 atom stereocenters. The molecule has 7 nitrogen and oxygen atoms in total. The van der Waals surface area contributed by atoms with Crippen molar-refractivity contribution in [3.8, 4) is 17.2 Å². The second-order valence-corrected chi connectivity index (χ2v) is 7.89. The third-order valence-electron chi connectivity index (χ3n) is 5.67. The number of hydrogen-bond donors (Lipinski definition) is 1. The Kier molecular flexibility index (Phi) is 5.56. The zero-order valence-corrected chi connectivity index (χ0v) is 17.9. The van der Waals surface area contributed by atoms with Crippen molar-refractivity contribution in [1.82, 2.24) is 14.9 Å². The zero-order chi connectivity index (χ0) is 21.9. The van der Waals surface area contributed by atoms with Gasteiger partial charge >= 0.3 is 0 Å². The van der Waals surface area contributed by atoms with Crippen LogP contribution in [0.5, 0.6) is 5.75 Å². The number of benzene rings is 2. The van der Waals surface area contributed by atoms with Crippen LogP contribution >= 0.6 is 0 Å². The summed E-state index contributed by atoms with van der Waals surface area (Å²) in [6, 6.07) is 16.7. The second kappa shape index (κ2) is 8.80. The van der Waals surface area contributed by atoms with Gasteiger partial charge in [-0.1, -0.05) is 12.1 Å². The van der Waals surface area contributed by atoms with Gasteiger partial charge in [0.2, 0.25) is 5.89 Å². The van der Waals surface area contributed by atoms with Crippen molar-refractivity contribution < 1.29 is 13.9 Å². The molecule has 5 rings (SSSR count). The molecule has 162 valence electrons. The molecule has 1 amide bonds. The molecule has 1 aliphatic rings. The van der Waals surface area contributed by atoms with Gasteiger partial charge in [-0.3, -0.25) is 9.69 Å². The highest BCUT2D eigenvalue weighted by atomic mass is 16.5. The van der Waals surface area contributed by atoms with Crippen LogP contribution in [0.25, 0.3) is 22.7 Å². The molecule has 3 heterocycles. The molecule has 0 radical (unpaired) electrons. The molecule has 0 aliphatic carbocycles. The summed E-state index contributed by atoms with van der Waals surface area (Å²) in [5, 5.41) is 2.96. The van der Waals surface area contributed by atoms with E-state index in [-0.39, 0.29) is 5.91 Å². The highest BCUT2D eigenvalue weighted by Gasteiger charge is 2.16. The second-order valence-electron chi connectivity index (χ2n) is 7.89. The molecule has 7 heteroatoms. The number of carbonyl (C=O) groups is 1. The first-order chi connectivity index (χ1) is 15.7. The standard InChI is InChI=1S/C25H24N4O3/c1-31-22-15-17(9-10-19(22)16-29-12-2-3-13-29)24(30)27-20-7-4-6-18(14-20)25-28-23-21(32-25)8-5-11-26-23/h4-11,14-15H,2-3,12-13,16H2,1H3,(H,27,30). The smallest absolute Gasteiger partial charge is 0.255 e. The van der Waals surface area contributed by atoms with Crippen molar-refractivity contribution in [2.24, 2.45) is 0 Å². The van der Waals surface area contributed by atoms with Gasteiger partial charge in [-0.2, -0.15) is 4.98 Å². The van der Waals surface area contributed by atoms with Gasteiger partial charge in [0.05, 0.1) is 7.11 Å². The average molecular weight is 428 g/mol. The lowest BCUT2D eigenvalue weighted by Crippen LogP contribution is -2.19. The number of oxazole rings is 1. The van der Waals surface area contributed by atoms with Crippen LogP contribution < -0.4 is 10.1 Å². The highest BCUT2D eigenvalue weighted by Crippen LogP contribution is 2.27. The predicted molar refractivity (Wildman–Crippen MR) is 123 cm³/mol. The Morgan fingerprint density at radius 2 is 2.00 bits per heavy atom. The molecule has 1 aliphatic heterocycles. The van der Waals surface area contributed by atoms with E-state index in [0.717, 1.165) is 36.5 Å². The summed E-state index contributed by atoms with van der Waals surface area (Å²) in [4.78, 5) is 23.9. The van der Waals surface area contributed by atoms with Crippen molar-refractivity contribution in [3.05, 3.63) is 71.9 Å². The van der Waals surface area contributed by atoms with Gasteiger partial charge in [-0.25, -0.2) is 4.98 Å². The maximum atomic E-state index is 12.9. The van der Waals surface area contributed by atoms with E-state index in [2.05, 4.69) is 20.2 Å². The number of rotatable bonds is 6. The molecule has 2 aromatic carbocycles. The number of aromatic nitrogens is 2. The average Bonchev–Trinajstić information content (AvgIpc) is 3.49. The molecular formula is C25H24N4O3. The van der Waals surface area contributed by atoms with E-state index >= 15 is 0 Å². The highest BCUT2D eigenvalue weighted by molar-refractivity contribution is 6.04. The first-order valence-electron chi connectivity index (χ1n) is 10.7. The lowest BCUT2D eigenvalue weighted by atomic mass is 10.1. The third kappa shape index (κ3) is 4.20. The van der Waals surface area contributed by atoms with Crippen LogP contribution in [0.4, 0.5) is 5.69 Å². The fraction of sp³-hybridized carbons (Fsp3) is 0.240. The first-order valence-corrected chi connectivity index (χ1v) is 10.7. The zero-order valence-electron chi connectivity index (χ0n) is 17.9. The largest absolute Gasteiger partial charge is 0.496 e. The van der Waals surface area contributed by atoms with E-state index in [1.807, 2.05) is 42.5 Å². The van der Waals surface area contributed by atoms with Crippen LogP contribution in [-0.4, -0.2) is 41.0 Å². The summed E-state index contributed by atoms with van der Waals surface area (Å²) in [7, 11) is 1.64. The van der Waals surface area contributed by atoms with E-state index in [1.54, 1.807) is 25.4 Å². The van der Waals surface area contributed by atoms with Crippen LogP contribution in [0.3, 0.4) is 0 Å². The normalized spacial score (nSPS) is 14.0. The summed E-state index contributed by atoms with van der Waals surface area (Å²) in [5.74, 6) is 0.993. The van der Waals surface area contributed by atoms with Crippen molar-refractivity contribution in [2.45, 2.75) is 19.4 Å². The number of amides is 1. The van der Waals surface area contributed by atoms with Gasteiger partial charge in [-0.15, -0.1) is 0 Å². The maximum Gasteiger partial charge on any atom is 0.255 e. The fourth-order valence-electron chi connectivity index (χ4n) is 4.02. The van der Waals surface area contributed by atoms with E-state index in [9.17, 15) is 4.79 Å². The lowest BCUT2D eigenvalue weighted by Gasteiger charge is -2.17. The molecule has 1 saturated heterocycles. The molecule has 32 heavy (non-hydrogen) atoms. The fourth-order valence-corrected chi connectivity index (χ4v) is 4.02. The Bertz CT molecular complexity index is 1230. The lowest BCUT2D eigenvalue weighted by molar-refractivity contribution is 0.102. The predicted octanol–water partition coefficient (Wildman–Crippen LogP) is 4.75. The first kappa shape index (κ1) is 20.2. The van der Waals surface area contributed by atoms with Gasteiger partial charge in [0, 0.05) is 35.1 Å². The molecular weight excluding hydrogens is 404 g/mol. The summed E-state index contributed by atoms with van der Waals surface area (Å²) in [6.45, 7) is 3.06. The number of hydrogen-bond acceptors (Lipinski definition) is 6. The van der Waals surface area contributed by atoms with Crippen LogP contribution in [0.1, 0.15) is 28.8 Å². The number of nitrogens with zero attached hydrogens (tertiary/aromatic N) is 3. The van der Waals surface area contributed by atoms with E-state index in [0.29, 0.717) is 28.4 Å². The topological polar surface area (TPSA) is 80.5 Å². The van der Waals surface area contributed by atoms with Crippen LogP contribution in [0, 0.1) is 0 Å². The Labute approximate surface area is 186 Å². The molecule has 0 bridgehead atoms. The van der Waals surface area contributed by atoms with Gasteiger partial charge in [0.15, 0.2) is 11.2 Å². The minimum Gasteiger partial charge on any atom is -0.496 e. The van der Waals surface area contributed by atoms with Gasteiger partial charge in [0.1, 0.15) is 5.75 Å². The molecule has 2 aromatic heterocycles. The van der Waals surface area contributed by atoms with E-state index in [1.165, 1.54) is 12.8 Å². The van der Waals surface area contributed by atoms with Gasteiger partial charge < -0.3 is 14.5 Å². The summed E-state index contributed by atoms with van der Waals surface area (Å²) in [5.41, 5.74) is 4.24. The Morgan fingerprint density at radius 1 is 1.12 bits per heavy atom. The molecule has 1 N–H and O–H groups in total. The number of ether oxygens (including phenoxy) is 1. The Balaban J connectivity index is 1.34. The summed E-state index contributed by atoms with van der Waals surface area (Å²) < 4.78 is 11.4. The number of methoxy groups -OCH3 is 1. The Morgan fingerprint density at radius 3 is 2.81 bits per heavy atom. The monoisotopic (exact) mass is 428 g/mol. The number of carbonyl (C=O) groups excluding carboxylic acids is 1. The molecule has 4 aromatic rings. The minimum atomic E-state index is -0.201. The van der Waals surface area contributed by atoms with Gasteiger partial charge in [-0.05, 0) is 68.4 Å². The minimum absolute atomic E-state index is 0.201. The van der Waals surface area contributed by atoms with Gasteiger partial charge in [0.25, 0.3) is 5.91 Å². The van der Waals surface area contributed by atoms with E-state index in [4.69, 9.17) is 9.15 Å². The molecule has 1 fully saturated rings. The maximum absolute atomic E-state index is 12.9. The number of likely N-dealkylation sites (tertiary alicyclic amines) is 1. The Hall–Kier alpha value is -3.71. The van der Waals surface area contributed by atoms with Crippen LogP contribution in [0.15, 0.2) is 65.2 Å². The quantitative estimate of drug-likeness (QED) is 0.478. The van der Waals surface area contributed by atoms with Crippen molar-refractivity contribution in [1.29, 1.82) is 0 Å².